The third kappa shape index (κ3) is 5.18. The van der Waals surface area contributed by atoms with Crippen molar-refractivity contribution in [3.8, 4) is 11.5 Å². The molecule has 0 atom stereocenters. The minimum absolute atomic E-state index is 0.131. The number of rotatable bonds is 7. The fraction of sp³-hybridized carbons (Fsp3) is 0.235. The van der Waals surface area contributed by atoms with Gasteiger partial charge in [0.05, 0.1) is 13.7 Å². The summed E-state index contributed by atoms with van der Waals surface area (Å²) in [5.41, 5.74) is 0.438. The molecule has 2 aromatic carbocycles. The van der Waals surface area contributed by atoms with Gasteiger partial charge in [0.2, 0.25) is 0 Å². The molecule has 0 aliphatic rings. The van der Waals surface area contributed by atoms with Gasteiger partial charge >= 0.3 is 6.03 Å². The Morgan fingerprint density at radius 2 is 1.74 bits per heavy atom. The van der Waals surface area contributed by atoms with E-state index >= 15 is 0 Å². The molecule has 0 aromatic heterocycles. The molecule has 0 saturated heterocycles. The third-order valence-electron chi connectivity index (χ3n) is 3.11. The highest BCUT2D eigenvalue weighted by Crippen LogP contribution is 2.25. The molecule has 0 aliphatic carbocycles. The van der Waals surface area contributed by atoms with Crippen LogP contribution in [0.2, 0.25) is 0 Å². The number of halogens is 1. The van der Waals surface area contributed by atoms with Crippen LogP contribution in [-0.2, 0) is 6.54 Å². The van der Waals surface area contributed by atoms with Gasteiger partial charge in [0, 0.05) is 12.1 Å². The first-order chi connectivity index (χ1) is 11.2. The van der Waals surface area contributed by atoms with Gasteiger partial charge in [-0.2, -0.15) is 0 Å². The van der Waals surface area contributed by atoms with E-state index in [0.717, 1.165) is 0 Å². The number of carbonyl (C=O) groups excluding carboxylic acids is 1. The van der Waals surface area contributed by atoms with Crippen molar-refractivity contribution >= 4 is 6.03 Å². The van der Waals surface area contributed by atoms with Gasteiger partial charge in [0.15, 0.2) is 11.5 Å². The molecule has 2 aromatic rings. The first-order valence-corrected chi connectivity index (χ1v) is 7.21. The highest BCUT2D eigenvalue weighted by molar-refractivity contribution is 5.73. The molecule has 0 fully saturated rings. The average molecular weight is 318 g/mol. The van der Waals surface area contributed by atoms with E-state index < -0.39 is 0 Å². The third-order valence-corrected chi connectivity index (χ3v) is 3.11. The molecule has 2 amide bonds. The second-order valence-corrected chi connectivity index (χ2v) is 4.70. The van der Waals surface area contributed by atoms with Crippen LogP contribution in [0.25, 0.3) is 0 Å². The molecule has 0 bridgehead atoms. The monoisotopic (exact) mass is 318 g/mol. The van der Waals surface area contributed by atoms with E-state index in [4.69, 9.17) is 9.47 Å². The van der Waals surface area contributed by atoms with E-state index in [1.54, 1.807) is 37.4 Å². The van der Waals surface area contributed by atoms with Gasteiger partial charge < -0.3 is 20.1 Å². The fourth-order valence-corrected chi connectivity index (χ4v) is 1.94. The van der Waals surface area contributed by atoms with E-state index in [2.05, 4.69) is 10.6 Å². The molecule has 2 rings (SSSR count). The minimum Gasteiger partial charge on any atom is -0.493 e. The second kappa shape index (κ2) is 8.63. The Labute approximate surface area is 134 Å². The van der Waals surface area contributed by atoms with Crippen molar-refractivity contribution in [2.24, 2.45) is 0 Å². The topological polar surface area (TPSA) is 59.6 Å². The predicted octanol–water partition coefficient (Wildman–Crippen LogP) is 2.71. The summed E-state index contributed by atoms with van der Waals surface area (Å²) in [6.45, 7) is 0.751. The van der Waals surface area contributed by atoms with Gasteiger partial charge in [-0.15, -0.1) is 0 Å². The molecule has 0 spiro atoms. The zero-order valence-corrected chi connectivity index (χ0v) is 12.8. The van der Waals surface area contributed by atoms with E-state index in [9.17, 15) is 9.18 Å². The lowest BCUT2D eigenvalue weighted by atomic mass is 10.2. The van der Waals surface area contributed by atoms with Gasteiger partial charge in [-0.3, -0.25) is 0 Å². The molecule has 6 heteroatoms. The number of hydrogen-bond acceptors (Lipinski definition) is 3. The van der Waals surface area contributed by atoms with E-state index in [0.29, 0.717) is 30.2 Å². The molecule has 23 heavy (non-hydrogen) atoms. The molecule has 2 N–H and O–H groups in total. The number of hydrogen-bond donors (Lipinski definition) is 2. The van der Waals surface area contributed by atoms with Crippen LogP contribution < -0.4 is 20.1 Å². The maximum atomic E-state index is 13.4. The molecular weight excluding hydrogens is 299 g/mol. The quantitative estimate of drug-likeness (QED) is 0.772. The Bertz CT molecular complexity index is 649. The Hall–Kier alpha value is -2.76. The van der Waals surface area contributed by atoms with Crippen LogP contribution in [0, 0.1) is 5.82 Å². The molecule has 0 unspecified atom stereocenters. The lowest BCUT2D eigenvalue weighted by molar-refractivity contribution is 0.235. The van der Waals surface area contributed by atoms with Gasteiger partial charge in [-0.05, 0) is 18.2 Å². The highest BCUT2D eigenvalue weighted by atomic mass is 19.1. The highest BCUT2D eigenvalue weighted by Gasteiger charge is 2.05. The number of urea groups is 1. The molecule has 0 aliphatic heterocycles. The number of para-hydroxylation sites is 2. The molecule has 0 saturated carbocycles. The van der Waals surface area contributed by atoms with Crippen LogP contribution in [-0.4, -0.2) is 26.3 Å². The summed E-state index contributed by atoms with van der Waals surface area (Å²) in [4.78, 5) is 11.6. The number of amides is 2. The van der Waals surface area contributed by atoms with Crippen molar-refractivity contribution in [1.82, 2.24) is 10.6 Å². The van der Waals surface area contributed by atoms with Crippen molar-refractivity contribution in [3.63, 3.8) is 0 Å². The number of ether oxygens (including phenoxy) is 2. The summed E-state index contributed by atoms with van der Waals surface area (Å²) in [6.07, 6.45) is 0. The molecule has 5 nitrogen and oxygen atoms in total. The Balaban J connectivity index is 1.68. The summed E-state index contributed by atoms with van der Waals surface area (Å²) >= 11 is 0. The zero-order valence-electron chi connectivity index (χ0n) is 12.8. The van der Waals surface area contributed by atoms with Gasteiger partial charge in [-0.25, -0.2) is 9.18 Å². The SMILES string of the molecule is COc1ccccc1OCCNC(=O)NCc1ccccc1F. The molecule has 122 valence electrons. The van der Waals surface area contributed by atoms with Gasteiger partial charge in [-0.1, -0.05) is 30.3 Å². The summed E-state index contributed by atoms with van der Waals surface area (Å²) in [7, 11) is 1.57. The Kier molecular flexibility index (Phi) is 6.23. The summed E-state index contributed by atoms with van der Waals surface area (Å²) in [6, 6.07) is 13.2. The lowest BCUT2D eigenvalue weighted by Crippen LogP contribution is -2.37. The summed E-state index contributed by atoms with van der Waals surface area (Å²) in [5, 5.41) is 5.23. The van der Waals surface area contributed by atoms with Crippen molar-refractivity contribution < 1.29 is 18.7 Å². The summed E-state index contributed by atoms with van der Waals surface area (Å²) < 4.78 is 24.1. The van der Waals surface area contributed by atoms with E-state index in [1.807, 2.05) is 12.1 Å². The largest absolute Gasteiger partial charge is 0.493 e. The van der Waals surface area contributed by atoms with Crippen molar-refractivity contribution in [1.29, 1.82) is 0 Å². The predicted molar refractivity (Wildman–Crippen MR) is 85.1 cm³/mol. The van der Waals surface area contributed by atoms with Crippen LogP contribution in [0.1, 0.15) is 5.56 Å². The smallest absolute Gasteiger partial charge is 0.315 e. The first kappa shape index (κ1) is 16.6. The minimum atomic E-state index is -0.378. The van der Waals surface area contributed by atoms with Crippen molar-refractivity contribution in [2.45, 2.75) is 6.54 Å². The standard InChI is InChI=1S/C17H19FN2O3/c1-22-15-8-4-5-9-16(15)23-11-10-19-17(21)20-12-13-6-2-3-7-14(13)18/h2-9H,10-12H2,1H3,(H2,19,20,21). The Morgan fingerprint density at radius 3 is 2.48 bits per heavy atom. The number of nitrogens with one attached hydrogen (secondary N) is 2. The maximum absolute atomic E-state index is 13.4. The number of methoxy groups -OCH3 is 1. The van der Waals surface area contributed by atoms with E-state index in [1.165, 1.54) is 6.07 Å². The van der Waals surface area contributed by atoms with Crippen LogP contribution >= 0.6 is 0 Å². The van der Waals surface area contributed by atoms with Crippen LogP contribution in [0.5, 0.6) is 11.5 Å². The molecular formula is C17H19FN2O3. The average Bonchev–Trinajstić information content (AvgIpc) is 2.58. The lowest BCUT2D eigenvalue weighted by Gasteiger charge is -2.11. The van der Waals surface area contributed by atoms with Crippen molar-refractivity contribution in [3.05, 3.63) is 59.9 Å². The zero-order chi connectivity index (χ0) is 16.5. The van der Waals surface area contributed by atoms with Crippen LogP contribution in [0.4, 0.5) is 9.18 Å². The molecule has 0 radical (unpaired) electrons. The fourth-order valence-electron chi connectivity index (χ4n) is 1.94. The van der Waals surface area contributed by atoms with Crippen LogP contribution in [0.15, 0.2) is 48.5 Å². The first-order valence-electron chi connectivity index (χ1n) is 7.21. The van der Waals surface area contributed by atoms with E-state index in [-0.39, 0.29) is 18.4 Å². The van der Waals surface area contributed by atoms with Crippen LogP contribution in [0.3, 0.4) is 0 Å². The van der Waals surface area contributed by atoms with Crippen molar-refractivity contribution in [2.75, 3.05) is 20.3 Å². The number of carbonyl (C=O) groups is 1. The summed E-state index contributed by atoms with van der Waals surface area (Å²) in [5.74, 6) is 0.910. The number of benzene rings is 2. The van der Waals surface area contributed by atoms with Gasteiger partial charge in [0.1, 0.15) is 12.4 Å². The second-order valence-electron chi connectivity index (χ2n) is 4.70. The molecule has 0 heterocycles. The normalized spacial score (nSPS) is 10.0. The van der Waals surface area contributed by atoms with Gasteiger partial charge in [0.25, 0.3) is 0 Å². The maximum Gasteiger partial charge on any atom is 0.315 e. The Morgan fingerprint density at radius 1 is 1.04 bits per heavy atom.